The summed E-state index contributed by atoms with van der Waals surface area (Å²) < 4.78 is 0. The first-order chi connectivity index (χ1) is 3.13. The molecular formula is C3H6ClN3. The quantitative estimate of drug-likeness (QED) is 0.424. The second kappa shape index (κ2) is 2.47. The van der Waals surface area contributed by atoms with Crippen LogP contribution >= 0.6 is 11.6 Å². The van der Waals surface area contributed by atoms with Crippen LogP contribution < -0.4 is 11.5 Å². The summed E-state index contributed by atoms with van der Waals surface area (Å²) in [5, 5.41) is 6.40. The lowest BCUT2D eigenvalue weighted by atomic mass is 10.6. The van der Waals surface area contributed by atoms with E-state index in [1.807, 2.05) is 0 Å². The highest BCUT2D eigenvalue weighted by molar-refractivity contribution is 6.67. The lowest BCUT2D eigenvalue weighted by molar-refractivity contribution is 1.26. The molecule has 0 aliphatic carbocycles. The number of allylic oxidation sites excluding steroid dienone is 1. The molecule has 0 heterocycles. The lowest BCUT2D eigenvalue weighted by Gasteiger charge is -1.83. The van der Waals surface area contributed by atoms with E-state index in [-0.39, 0.29) is 11.0 Å². The van der Waals surface area contributed by atoms with E-state index in [0.29, 0.717) is 0 Å². The van der Waals surface area contributed by atoms with E-state index < -0.39 is 0 Å². The van der Waals surface area contributed by atoms with Crippen LogP contribution in [0, 0.1) is 5.41 Å². The Labute approximate surface area is 46.4 Å². The predicted molar refractivity (Wildman–Crippen MR) is 30.0 cm³/mol. The fourth-order valence-electron chi connectivity index (χ4n) is 0.146. The summed E-state index contributed by atoms with van der Waals surface area (Å²) in [6, 6.07) is 0. The minimum atomic E-state index is -0.153. The van der Waals surface area contributed by atoms with Crippen molar-refractivity contribution in [1.82, 2.24) is 0 Å². The first-order valence-corrected chi connectivity index (χ1v) is 1.97. The molecule has 0 aromatic carbocycles. The predicted octanol–water partition coefficient (Wildman–Crippen LogP) is -0.0387. The average Bonchev–Trinajstić information content (AvgIpc) is 1.27. The van der Waals surface area contributed by atoms with Crippen LogP contribution in [-0.2, 0) is 0 Å². The third-order valence-corrected chi connectivity index (χ3v) is 0.402. The molecule has 0 unspecified atom stereocenters. The zero-order valence-electron chi connectivity index (χ0n) is 3.61. The van der Waals surface area contributed by atoms with Gasteiger partial charge in [-0.25, -0.2) is 0 Å². The Hall–Kier alpha value is -0.700. The van der Waals surface area contributed by atoms with Gasteiger partial charge in [-0.2, -0.15) is 0 Å². The van der Waals surface area contributed by atoms with Crippen molar-refractivity contribution in [3.05, 3.63) is 11.9 Å². The topological polar surface area (TPSA) is 75.9 Å². The zero-order chi connectivity index (χ0) is 5.86. The van der Waals surface area contributed by atoms with Crippen molar-refractivity contribution < 1.29 is 0 Å². The van der Waals surface area contributed by atoms with Crippen LogP contribution in [0.2, 0.25) is 0 Å². The minimum Gasteiger partial charge on any atom is -0.386 e. The molecular weight excluding hydrogens is 114 g/mol. The van der Waals surface area contributed by atoms with Gasteiger partial charge in [0.25, 0.3) is 0 Å². The van der Waals surface area contributed by atoms with Gasteiger partial charge in [0.05, 0.1) is 5.82 Å². The van der Waals surface area contributed by atoms with E-state index in [1.54, 1.807) is 0 Å². The van der Waals surface area contributed by atoms with Gasteiger partial charge in [0.2, 0.25) is 0 Å². The summed E-state index contributed by atoms with van der Waals surface area (Å²) in [5.41, 5.74) is 9.81. The molecule has 0 bridgehead atoms. The molecule has 40 valence electrons. The van der Waals surface area contributed by atoms with Gasteiger partial charge < -0.3 is 11.5 Å². The van der Waals surface area contributed by atoms with Crippen molar-refractivity contribution in [1.29, 1.82) is 5.41 Å². The molecule has 0 amide bonds. The van der Waals surface area contributed by atoms with Gasteiger partial charge in [0, 0.05) is 6.08 Å². The molecule has 0 aromatic heterocycles. The van der Waals surface area contributed by atoms with Gasteiger partial charge in [0.15, 0.2) is 0 Å². The lowest BCUT2D eigenvalue weighted by Crippen LogP contribution is -2.08. The smallest absolute Gasteiger partial charge is 0.124 e. The summed E-state index contributed by atoms with van der Waals surface area (Å²) in [4.78, 5) is 0. The van der Waals surface area contributed by atoms with Gasteiger partial charge in [0.1, 0.15) is 5.17 Å². The maximum atomic E-state index is 6.55. The van der Waals surface area contributed by atoms with Crippen LogP contribution in [-0.4, -0.2) is 5.17 Å². The van der Waals surface area contributed by atoms with Gasteiger partial charge in [-0.1, -0.05) is 11.6 Å². The molecule has 0 atom stereocenters. The summed E-state index contributed by atoms with van der Waals surface area (Å²) in [6.07, 6.45) is 1.15. The molecule has 0 rings (SSSR count). The highest BCUT2D eigenvalue weighted by Gasteiger charge is 1.79. The molecule has 5 N–H and O–H groups in total. The minimum absolute atomic E-state index is 0.0556. The van der Waals surface area contributed by atoms with E-state index in [1.165, 1.54) is 0 Å². The summed E-state index contributed by atoms with van der Waals surface area (Å²) in [7, 11) is 0. The molecule has 0 fully saturated rings. The number of nitrogens with one attached hydrogen (secondary N) is 1. The number of nitrogens with two attached hydrogens (primary N) is 2. The third-order valence-electron chi connectivity index (χ3n) is 0.293. The van der Waals surface area contributed by atoms with Crippen molar-refractivity contribution in [3.8, 4) is 0 Å². The van der Waals surface area contributed by atoms with Gasteiger partial charge in [-0.05, 0) is 0 Å². The van der Waals surface area contributed by atoms with E-state index in [0.717, 1.165) is 6.08 Å². The van der Waals surface area contributed by atoms with Gasteiger partial charge in [-0.15, -0.1) is 0 Å². The fourth-order valence-corrected chi connectivity index (χ4v) is 0.272. The van der Waals surface area contributed by atoms with Crippen molar-refractivity contribution in [2.75, 3.05) is 0 Å². The fraction of sp³-hybridized carbons (Fsp3) is 0. The van der Waals surface area contributed by atoms with Crippen LogP contribution in [0.5, 0.6) is 0 Å². The first-order valence-electron chi connectivity index (χ1n) is 1.59. The Morgan fingerprint density at radius 2 is 2.00 bits per heavy atom. The second-order valence-electron chi connectivity index (χ2n) is 0.992. The molecule has 3 nitrogen and oxygen atoms in total. The standard InChI is InChI=1S/C3H6ClN3/c4-2(5)1-3(6)7/h1,5H,6-7H2. The number of rotatable bonds is 1. The average molecular weight is 120 g/mol. The molecule has 0 spiro atoms. The Morgan fingerprint density at radius 3 is 2.00 bits per heavy atom. The second-order valence-corrected chi connectivity index (χ2v) is 1.40. The molecule has 7 heavy (non-hydrogen) atoms. The molecule has 0 aliphatic heterocycles. The first kappa shape index (κ1) is 6.30. The summed E-state index contributed by atoms with van der Waals surface area (Å²) in [5.74, 6) is 0.0556. The van der Waals surface area contributed by atoms with Gasteiger partial charge in [-0.3, -0.25) is 5.41 Å². The van der Waals surface area contributed by atoms with Crippen LogP contribution in [0.15, 0.2) is 11.9 Å². The molecule has 0 saturated heterocycles. The van der Waals surface area contributed by atoms with Crippen molar-refractivity contribution in [2.24, 2.45) is 11.5 Å². The van der Waals surface area contributed by atoms with Crippen LogP contribution in [0.3, 0.4) is 0 Å². The number of hydrogen-bond donors (Lipinski definition) is 3. The van der Waals surface area contributed by atoms with Crippen molar-refractivity contribution >= 4 is 16.8 Å². The molecule has 0 radical (unpaired) electrons. The Balaban J connectivity index is 3.68. The normalized spacial score (nSPS) is 7.57. The number of hydrogen-bond acceptors (Lipinski definition) is 3. The Morgan fingerprint density at radius 1 is 1.57 bits per heavy atom. The third kappa shape index (κ3) is 5.30. The SMILES string of the molecule is N=C(Cl)C=C(N)N. The summed E-state index contributed by atoms with van der Waals surface area (Å²) in [6.45, 7) is 0. The monoisotopic (exact) mass is 119 g/mol. The highest BCUT2D eigenvalue weighted by atomic mass is 35.5. The van der Waals surface area contributed by atoms with Crippen molar-refractivity contribution in [3.63, 3.8) is 0 Å². The van der Waals surface area contributed by atoms with Gasteiger partial charge >= 0.3 is 0 Å². The van der Waals surface area contributed by atoms with Crippen LogP contribution in [0.25, 0.3) is 0 Å². The highest BCUT2D eigenvalue weighted by Crippen LogP contribution is 1.81. The van der Waals surface area contributed by atoms with Crippen LogP contribution in [0.4, 0.5) is 0 Å². The van der Waals surface area contributed by atoms with E-state index in [4.69, 9.17) is 28.5 Å². The number of halogens is 1. The molecule has 0 aliphatic rings. The van der Waals surface area contributed by atoms with Crippen molar-refractivity contribution in [2.45, 2.75) is 0 Å². The Bertz CT molecular complexity index is 103. The Kier molecular flexibility index (Phi) is 2.22. The molecule has 0 saturated carbocycles. The zero-order valence-corrected chi connectivity index (χ0v) is 4.37. The van der Waals surface area contributed by atoms with E-state index >= 15 is 0 Å². The van der Waals surface area contributed by atoms with Crippen LogP contribution in [0.1, 0.15) is 0 Å². The van der Waals surface area contributed by atoms with E-state index in [9.17, 15) is 0 Å². The summed E-state index contributed by atoms with van der Waals surface area (Å²) >= 11 is 5.02. The maximum Gasteiger partial charge on any atom is 0.124 e. The molecule has 4 heteroatoms. The van der Waals surface area contributed by atoms with E-state index in [2.05, 4.69) is 0 Å². The maximum absolute atomic E-state index is 6.55. The largest absolute Gasteiger partial charge is 0.386 e. The molecule has 0 aromatic rings.